The van der Waals surface area contributed by atoms with E-state index in [1.54, 1.807) is 12.1 Å². The largest absolute Gasteiger partial charge is 0.447 e. The van der Waals surface area contributed by atoms with E-state index in [2.05, 4.69) is 0 Å². The van der Waals surface area contributed by atoms with Crippen LogP contribution in [0.2, 0.25) is 0 Å². The second kappa shape index (κ2) is 6.24. The average Bonchev–Trinajstić information content (AvgIpc) is 2.83. The summed E-state index contributed by atoms with van der Waals surface area (Å²) in [6.45, 7) is 6.01. The zero-order valence-electron chi connectivity index (χ0n) is 12.5. The zero-order valence-corrected chi connectivity index (χ0v) is 12.5. The lowest BCUT2D eigenvalue weighted by Crippen LogP contribution is -2.44. The van der Waals surface area contributed by atoms with E-state index in [1.807, 2.05) is 20.8 Å². The Morgan fingerprint density at radius 2 is 2.00 bits per heavy atom. The molecule has 114 valence electrons. The van der Waals surface area contributed by atoms with Crippen LogP contribution in [-0.4, -0.2) is 29.5 Å². The Balaban J connectivity index is 2.27. The lowest BCUT2D eigenvalue weighted by molar-refractivity contribution is -0.131. The average molecular weight is 293 g/mol. The Kier molecular flexibility index (Phi) is 4.60. The number of halogens is 1. The first-order valence-electron chi connectivity index (χ1n) is 7.21. The van der Waals surface area contributed by atoms with Crippen LogP contribution in [0.5, 0.6) is 0 Å². The van der Waals surface area contributed by atoms with Gasteiger partial charge in [0.15, 0.2) is 0 Å². The molecule has 2 atom stereocenters. The Hall–Kier alpha value is -1.91. The molecule has 0 aromatic heterocycles. The molecule has 0 unspecified atom stereocenters. The van der Waals surface area contributed by atoms with Gasteiger partial charge in [-0.05, 0) is 30.0 Å². The van der Waals surface area contributed by atoms with Gasteiger partial charge in [-0.3, -0.25) is 4.79 Å². The highest BCUT2D eigenvalue weighted by molar-refractivity contribution is 5.97. The van der Waals surface area contributed by atoms with E-state index >= 15 is 0 Å². The van der Waals surface area contributed by atoms with Crippen molar-refractivity contribution in [1.29, 1.82) is 0 Å². The van der Waals surface area contributed by atoms with Crippen molar-refractivity contribution in [1.82, 2.24) is 4.90 Å². The van der Waals surface area contributed by atoms with Crippen LogP contribution in [0.25, 0.3) is 0 Å². The van der Waals surface area contributed by atoms with E-state index in [1.165, 1.54) is 17.0 Å². The summed E-state index contributed by atoms with van der Waals surface area (Å²) < 4.78 is 18.0. The highest BCUT2D eigenvalue weighted by atomic mass is 19.1. The van der Waals surface area contributed by atoms with Gasteiger partial charge < -0.3 is 4.74 Å². The van der Waals surface area contributed by atoms with Crippen LogP contribution in [0.4, 0.5) is 9.18 Å². The molecule has 1 aromatic carbocycles. The van der Waals surface area contributed by atoms with Crippen molar-refractivity contribution >= 4 is 12.0 Å². The Bertz CT molecular complexity index is 527. The fourth-order valence-electron chi connectivity index (χ4n) is 2.60. The van der Waals surface area contributed by atoms with Gasteiger partial charge in [0.05, 0.1) is 12.0 Å². The van der Waals surface area contributed by atoms with Gasteiger partial charge in [0.25, 0.3) is 0 Å². The number of nitrogens with zero attached hydrogens (tertiary/aromatic N) is 1. The second-order valence-electron chi connectivity index (χ2n) is 5.61. The third-order valence-corrected chi connectivity index (χ3v) is 3.89. The molecule has 0 saturated carbocycles. The van der Waals surface area contributed by atoms with Crippen molar-refractivity contribution in [2.24, 2.45) is 5.92 Å². The molecule has 2 amide bonds. The Labute approximate surface area is 123 Å². The number of rotatable bonds is 4. The SMILES string of the molecule is CC[C@H](C(=O)N1C(=O)OC[C@@H]1C(C)C)c1ccc(F)cc1. The number of imide groups is 1. The number of amides is 2. The first-order chi connectivity index (χ1) is 9.95. The van der Waals surface area contributed by atoms with E-state index < -0.39 is 12.0 Å². The van der Waals surface area contributed by atoms with E-state index in [4.69, 9.17) is 4.74 Å². The van der Waals surface area contributed by atoms with Gasteiger partial charge in [0.1, 0.15) is 12.4 Å². The molecular weight excluding hydrogens is 273 g/mol. The van der Waals surface area contributed by atoms with E-state index in [-0.39, 0.29) is 30.3 Å². The molecule has 1 fully saturated rings. The molecule has 21 heavy (non-hydrogen) atoms. The highest BCUT2D eigenvalue weighted by Gasteiger charge is 2.41. The van der Waals surface area contributed by atoms with Crippen LogP contribution in [-0.2, 0) is 9.53 Å². The summed E-state index contributed by atoms with van der Waals surface area (Å²) in [6, 6.07) is 5.60. The van der Waals surface area contributed by atoms with E-state index in [0.29, 0.717) is 12.0 Å². The number of carbonyl (C=O) groups excluding carboxylic acids is 2. The molecule has 0 aliphatic carbocycles. The van der Waals surface area contributed by atoms with Crippen molar-refractivity contribution in [3.05, 3.63) is 35.6 Å². The standard InChI is InChI=1S/C16H20FNO3/c1-4-13(11-5-7-12(17)8-6-11)15(19)18-14(10(2)3)9-21-16(18)20/h5-8,10,13-14H,4,9H2,1-3H3/t13-,14+/m0/s1. The van der Waals surface area contributed by atoms with Gasteiger partial charge in [-0.15, -0.1) is 0 Å². The van der Waals surface area contributed by atoms with Crippen LogP contribution in [0.15, 0.2) is 24.3 Å². The molecule has 0 radical (unpaired) electrons. The maximum atomic E-state index is 13.0. The minimum atomic E-state index is -0.584. The molecule has 0 bridgehead atoms. The van der Waals surface area contributed by atoms with Gasteiger partial charge >= 0.3 is 6.09 Å². The van der Waals surface area contributed by atoms with Crippen LogP contribution >= 0.6 is 0 Å². The summed E-state index contributed by atoms with van der Waals surface area (Å²) >= 11 is 0. The van der Waals surface area contributed by atoms with Crippen LogP contribution in [0, 0.1) is 11.7 Å². The zero-order chi connectivity index (χ0) is 15.6. The minimum Gasteiger partial charge on any atom is -0.447 e. The Morgan fingerprint density at radius 3 is 2.52 bits per heavy atom. The Morgan fingerprint density at radius 1 is 1.38 bits per heavy atom. The summed E-state index contributed by atoms with van der Waals surface area (Å²) in [5.74, 6) is -0.948. The first-order valence-corrected chi connectivity index (χ1v) is 7.21. The summed E-state index contributed by atoms with van der Waals surface area (Å²) in [6.07, 6.45) is -0.0433. The predicted octanol–water partition coefficient (Wildman–Crippen LogP) is 3.32. The molecular formula is C16H20FNO3. The molecule has 1 heterocycles. The van der Waals surface area contributed by atoms with E-state index in [9.17, 15) is 14.0 Å². The lowest BCUT2D eigenvalue weighted by atomic mass is 9.93. The van der Waals surface area contributed by atoms with E-state index in [0.717, 1.165) is 0 Å². The molecule has 4 nitrogen and oxygen atoms in total. The number of ether oxygens (including phenoxy) is 1. The number of cyclic esters (lactones) is 1. The monoisotopic (exact) mass is 293 g/mol. The molecule has 2 rings (SSSR count). The number of carbonyl (C=O) groups is 2. The van der Waals surface area contributed by atoms with Gasteiger partial charge in [-0.25, -0.2) is 14.1 Å². The van der Waals surface area contributed by atoms with Gasteiger partial charge in [0.2, 0.25) is 5.91 Å². The van der Waals surface area contributed by atoms with Crippen LogP contribution in [0.3, 0.4) is 0 Å². The van der Waals surface area contributed by atoms with Crippen molar-refractivity contribution in [3.8, 4) is 0 Å². The maximum Gasteiger partial charge on any atom is 0.417 e. The maximum absolute atomic E-state index is 13.0. The van der Waals surface area contributed by atoms with Gasteiger partial charge in [-0.1, -0.05) is 32.9 Å². The van der Waals surface area contributed by atoms with Crippen molar-refractivity contribution in [2.75, 3.05) is 6.61 Å². The quantitative estimate of drug-likeness (QED) is 0.855. The second-order valence-corrected chi connectivity index (χ2v) is 5.61. The topological polar surface area (TPSA) is 46.6 Å². The molecule has 5 heteroatoms. The number of benzene rings is 1. The fraction of sp³-hybridized carbons (Fsp3) is 0.500. The van der Waals surface area contributed by atoms with Crippen LogP contribution in [0.1, 0.15) is 38.7 Å². The lowest BCUT2D eigenvalue weighted by Gasteiger charge is -2.26. The summed E-state index contributed by atoms with van der Waals surface area (Å²) in [5.41, 5.74) is 0.714. The van der Waals surface area contributed by atoms with Crippen molar-refractivity contribution in [3.63, 3.8) is 0 Å². The molecule has 0 N–H and O–H groups in total. The summed E-state index contributed by atoms with van der Waals surface area (Å²) in [4.78, 5) is 25.8. The smallest absolute Gasteiger partial charge is 0.417 e. The number of hydrogen-bond acceptors (Lipinski definition) is 3. The molecule has 1 aliphatic heterocycles. The normalized spacial score (nSPS) is 19.8. The predicted molar refractivity (Wildman–Crippen MR) is 76.3 cm³/mol. The van der Waals surface area contributed by atoms with Gasteiger partial charge in [0, 0.05) is 0 Å². The molecule has 1 aromatic rings. The summed E-state index contributed by atoms with van der Waals surface area (Å²) in [5, 5.41) is 0. The molecule has 1 saturated heterocycles. The molecule has 1 aliphatic rings. The summed E-state index contributed by atoms with van der Waals surface area (Å²) in [7, 11) is 0. The fourth-order valence-corrected chi connectivity index (χ4v) is 2.60. The van der Waals surface area contributed by atoms with Gasteiger partial charge in [-0.2, -0.15) is 0 Å². The molecule has 0 spiro atoms. The third kappa shape index (κ3) is 3.06. The van der Waals surface area contributed by atoms with Crippen molar-refractivity contribution in [2.45, 2.75) is 39.2 Å². The van der Waals surface area contributed by atoms with Crippen molar-refractivity contribution < 1.29 is 18.7 Å². The van der Waals surface area contributed by atoms with Crippen LogP contribution < -0.4 is 0 Å². The minimum absolute atomic E-state index is 0.131. The third-order valence-electron chi connectivity index (χ3n) is 3.89. The highest BCUT2D eigenvalue weighted by Crippen LogP contribution is 2.28. The number of hydrogen-bond donors (Lipinski definition) is 0. The first kappa shape index (κ1) is 15.5.